The van der Waals surface area contributed by atoms with Crippen molar-refractivity contribution in [3.05, 3.63) is 40.6 Å². The summed E-state index contributed by atoms with van der Waals surface area (Å²) >= 11 is 1.87. The summed E-state index contributed by atoms with van der Waals surface area (Å²) in [6, 6.07) is 6.37. The molecule has 0 unspecified atom stereocenters. The Balaban J connectivity index is 1.60. The fourth-order valence-electron chi connectivity index (χ4n) is 4.02. The van der Waals surface area contributed by atoms with Crippen LogP contribution in [-0.2, 0) is 16.3 Å². The maximum Gasteiger partial charge on any atom is 0.225 e. The van der Waals surface area contributed by atoms with Crippen LogP contribution in [0.25, 0.3) is 5.69 Å². The van der Waals surface area contributed by atoms with E-state index in [1.54, 1.807) is 0 Å². The summed E-state index contributed by atoms with van der Waals surface area (Å²) in [7, 11) is 0. The second-order valence-electron chi connectivity index (χ2n) is 7.70. The van der Waals surface area contributed by atoms with Crippen LogP contribution in [0, 0.1) is 19.8 Å². The highest BCUT2D eigenvalue weighted by Crippen LogP contribution is 2.36. The third-order valence-electron chi connectivity index (χ3n) is 5.74. The Morgan fingerprint density at radius 2 is 2.00 bits per heavy atom. The van der Waals surface area contributed by atoms with Gasteiger partial charge in [-0.1, -0.05) is 25.3 Å². The van der Waals surface area contributed by atoms with Crippen molar-refractivity contribution in [3.63, 3.8) is 0 Å². The Bertz CT molecular complexity index is 821. The minimum atomic E-state index is 0.140. The van der Waals surface area contributed by atoms with Gasteiger partial charge in [0.15, 0.2) is 0 Å². The molecule has 5 heteroatoms. The fraction of sp³-hybridized carbons (Fsp3) is 0.524. The van der Waals surface area contributed by atoms with Gasteiger partial charge in [-0.05, 0) is 55.9 Å². The van der Waals surface area contributed by atoms with E-state index in [0.29, 0.717) is 12.3 Å². The van der Waals surface area contributed by atoms with E-state index in [4.69, 9.17) is 5.10 Å². The lowest BCUT2D eigenvalue weighted by molar-refractivity contribution is -0.117. The Labute approximate surface area is 159 Å². The van der Waals surface area contributed by atoms with Crippen LogP contribution in [0.5, 0.6) is 0 Å². The van der Waals surface area contributed by atoms with E-state index in [2.05, 4.69) is 37.4 Å². The summed E-state index contributed by atoms with van der Waals surface area (Å²) in [4.78, 5) is 12.7. The fourth-order valence-corrected chi connectivity index (χ4v) is 5.06. The molecule has 2 aromatic rings. The van der Waals surface area contributed by atoms with Crippen LogP contribution in [0.15, 0.2) is 18.2 Å². The lowest BCUT2D eigenvalue weighted by Gasteiger charge is -2.21. The van der Waals surface area contributed by atoms with Gasteiger partial charge in [-0.25, -0.2) is 4.68 Å². The Morgan fingerprint density at radius 3 is 2.77 bits per heavy atom. The Kier molecular flexibility index (Phi) is 5.07. The molecule has 1 aromatic heterocycles. The molecule has 1 aliphatic heterocycles. The van der Waals surface area contributed by atoms with Crippen LogP contribution in [0.1, 0.15) is 60.9 Å². The summed E-state index contributed by atoms with van der Waals surface area (Å²) in [6.07, 6.45) is 6.88. The molecule has 0 atom stereocenters. The molecule has 1 fully saturated rings. The van der Waals surface area contributed by atoms with Crippen LogP contribution in [-0.4, -0.2) is 15.7 Å². The highest BCUT2D eigenvalue weighted by atomic mass is 32.2. The lowest BCUT2D eigenvalue weighted by Crippen LogP contribution is -2.20. The molecule has 4 rings (SSSR count). The summed E-state index contributed by atoms with van der Waals surface area (Å²) in [6.45, 7) is 4.24. The minimum absolute atomic E-state index is 0.140. The van der Waals surface area contributed by atoms with Crippen LogP contribution >= 0.6 is 11.8 Å². The number of hydrogen-bond donors (Lipinski definition) is 1. The van der Waals surface area contributed by atoms with Crippen molar-refractivity contribution in [3.8, 4) is 5.69 Å². The predicted molar refractivity (Wildman–Crippen MR) is 108 cm³/mol. The number of nitrogens with one attached hydrogen (secondary N) is 1. The van der Waals surface area contributed by atoms with Gasteiger partial charge in [-0.3, -0.25) is 4.79 Å². The zero-order valence-corrected chi connectivity index (χ0v) is 16.5. The normalized spacial score (nSPS) is 17.3. The SMILES string of the molecule is Cc1ccc(-n2nc3c(c2NC(=O)CC2CCCCC2)CSC3)cc1C. The van der Waals surface area contributed by atoms with Crippen molar-refractivity contribution in [2.24, 2.45) is 5.92 Å². The van der Waals surface area contributed by atoms with E-state index >= 15 is 0 Å². The first-order valence-corrected chi connectivity index (χ1v) is 10.8. The summed E-state index contributed by atoms with van der Waals surface area (Å²) in [5.41, 5.74) is 5.85. The number of carbonyl (C=O) groups is 1. The molecule has 1 N–H and O–H groups in total. The number of benzene rings is 1. The van der Waals surface area contributed by atoms with Crippen LogP contribution < -0.4 is 5.32 Å². The standard InChI is InChI=1S/C21H27N3OS/c1-14-8-9-17(10-15(14)2)24-21(18-12-26-13-19(18)23-24)22-20(25)11-16-6-4-3-5-7-16/h8-10,16H,3-7,11-13H2,1-2H3,(H,22,25). The molecule has 26 heavy (non-hydrogen) atoms. The molecular weight excluding hydrogens is 342 g/mol. The van der Waals surface area contributed by atoms with Crippen molar-refractivity contribution in [2.75, 3.05) is 5.32 Å². The van der Waals surface area contributed by atoms with Crippen molar-refractivity contribution in [1.82, 2.24) is 9.78 Å². The molecule has 2 aliphatic rings. The van der Waals surface area contributed by atoms with Crippen LogP contribution in [0.2, 0.25) is 0 Å². The van der Waals surface area contributed by atoms with E-state index in [1.165, 1.54) is 48.8 Å². The number of anilines is 1. The molecule has 1 amide bonds. The maximum absolute atomic E-state index is 12.7. The number of aryl methyl sites for hydroxylation is 2. The van der Waals surface area contributed by atoms with Crippen molar-refractivity contribution in [1.29, 1.82) is 0 Å². The number of amides is 1. The Morgan fingerprint density at radius 1 is 1.19 bits per heavy atom. The third-order valence-corrected chi connectivity index (χ3v) is 6.71. The molecule has 0 bridgehead atoms. The summed E-state index contributed by atoms with van der Waals surface area (Å²) < 4.78 is 1.94. The molecule has 1 aromatic carbocycles. The monoisotopic (exact) mass is 369 g/mol. The molecule has 1 saturated carbocycles. The van der Waals surface area contributed by atoms with Gasteiger partial charge in [0.2, 0.25) is 5.91 Å². The molecular formula is C21H27N3OS. The quantitative estimate of drug-likeness (QED) is 0.811. The number of hydrogen-bond acceptors (Lipinski definition) is 3. The second-order valence-corrected chi connectivity index (χ2v) is 8.69. The van der Waals surface area contributed by atoms with Crippen LogP contribution in [0.3, 0.4) is 0 Å². The van der Waals surface area contributed by atoms with Gasteiger partial charge in [0, 0.05) is 23.5 Å². The van der Waals surface area contributed by atoms with Gasteiger partial charge in [-0.15, -0.1) is 0 Å². The van der Waals surface area contributed by atoms with E-state index in [0.717, 1.165) is 28.7 Å². The van der Waals surface area contributed by atoms with Crippen molar-refractivity contribution >= 4 is 23.5 Å². The van der Waals surface area contributed by atoms with Gasteiger partial charge in [0.05, 0.1) is 11.4 Å². The number of thioether (sulfide) groups is 1. The highest BCUT2D eigenvalue weighted by Gasteiger charge is 2.26. The topological polar surface area (TPSA) is 46.9 Å². The highest BCUT2D eigenvalue weighted by molar-refractivity contribution is 7.98. The Hall–Kier alpha value is -1.75. The third kappa shape index (κ3) is 3.54. The first kappa shape index (κ1) is 17.7. The molecule has 0 saturated heterocycles. The van der Waals surface area contributed by atoms with Crippen molar-refractivity contribution < 1.29 is 4.79 Å². The number of aromatic nitrogens is 2. The van der Waals surface area contributed by atoms with Gasteiger partial charge in [-0.2, -0.15) is 16.9 Å². The number of rotatable bonds is 4. The van der Waals surface area contributed by atoms with Gasteiger partial charge < -0.3 is 5.32 Å². The zero-order chi connectivity index (χ0) is 18.1. The number of fused-ring (bicyclic) bond motifs is 1. The van der Waals surface area contributed by atoms with Gasteiger partial charge in [0.25, 0.3) is 0 Å². The molecule has 0 spiro atoms. The lowest BCUT2D eigenvalue weighted by atomic mass is 9.87. The van der Waals surface area contributed by atoms with E-state index in [-0.39, 0.29) is 5.91 Å². The van der Waals surface area contributed by atoms with E-state index in [1.807, 2.05) is 16.4 Å². The smallest absolute Gasteiger partial charge is 0.225 e. The summed E-state index contributed by atoms with van der Waals surface area (Å²) in [5.74, 6) is 3.43. The molecule has 1 aliphatic carbocycles. The first-order chi connectivity index (χ1) is 12.6. The number of carbonyl (C=O) groups excluding carboxylic acids is 1. The van der Waals surface area contributed by atoms with Crippen molar-refractivity contribution in [2.45, 2.75) is 63.9 Å². The maximum atomic E-state index is 12.7. The van der Waals surface area contributed by atoms with E-state index in [9.17, 15) is 4.79 Å². The van der Waals surface area contributed by atoms with E-state index < -0.39 is 0 Å². The zero-order valence-electron chi connectivity index (χ0n) is 15.7. The molecule has 4 nitrogen and oxygen atoms in total. The first-order valence-electron chi connectivity index (χ1n) is 9.68. The molecule has 2 heterocycles. The second kappa shape index (κ2) is 7.47. The minimum Gasteiger partial charge on any atom is -0.310 e. The van der Waals surface area contributed by atoms with Gasteiger partial charge in [0.1, 0.15) is 5.82 Å². The molecule has 138 valence electrons. The average Bonchev–Trinajstić information content (AvgIpc) is 3.21. The largest absolute Gasteiger partial charge is 0.310 e. The van der Waals surface area contributed by atoms with Gasteiger partial charge >= 0.3 is 0 Å². The number of nitrogens with zero attached hydrogens (tertiary/aromatic N) is 2. The average molecular weight is 370 g/mol. The molecule has 0 radical (unpaired) electrons. The van der Waals surface area contributed by atoms with Crippen LogP contribution in [0.4, 0.5) is 5.82 Å². The predicted octanol–water partition coefficient (Wildman–Crippen LogP) is 5.14. The summed E-state index contributed by atoms with van der Waals surface area (Å²) in [5, 5.41) is 8.03.